The maximum absolute atomic E-state index is 14.1. The van der Waals surface area contributed by atoms with E-state index in [0.717, 1.165) is 12.8 Å². The summed E-state index contributed by atoms with van der Waals surface area (Å²) in [7, 11) is 0. The molecule has 2 atom stereocenters. The number of carbonyl (C=O) groups is 1. The smallest absolute Gasteiger partial charge is 0.257 e. The van der Waals surface area contributed by atoms with E-state index in [-0.39, 0.29) is 17.5 Å². The van der Waals surface area contributed by atoms with Crippen LogP contribution in [0, 0.1) is 18.7 Å². The van der Waals surface area contributed by atoms with Crippen LogP contribution in [0.3, 0.4) is 0 Å². The second kappa shape index (κ2) is 5.70. The molecule has 1 aliphatic rings. The van der Waals surface area contributed by atoms with Crippen LogP contribution >= 0.6 is 0 Å². The Morgan fingerprint density at radius 1 is 1.53 bits per heavy atom. The van der Waals surface area contributed by atoms with Gasteiger partial charge in [0.25, 0.3) is 5.91 Å². The first-order valence-electron chi connectivity index (χ1n) is 6.82. The number of rotatable bonds is 2. The molecule has 0 unspecified atom stereocenters. The highest BCUT2D eigenvalue weighted by Crippen LogP contribution is 2.25. The molecule has 1 aliphatic heterocycles. The van der Waals surface area contributed by atoms with Crippen LogP contribution in [0.4, 0.5) is 4.39 Å². The first-order chi connectivity index (χ1) is 9.06. The van der Waals surface area contributed by atoms with Crippen molar-refractivity contribution in [1.29, 1.82) is 0 Å². The largest absolute Gasteiger partial charge is 0.334 e. The maximum Gasteiger partial charge on any atom is 0.257 e. The number of nitrogens with zero attached hydrogens (tertiary/aromatic N) is 1. The number of hydrogen-bond acceptors (Lipinski definition) is 2. The summed E-state index contributed by atoms with van der Waals surface area (Å²) >= 11 is 0. The van der Waals surface area contributed by atoms with Gasteiger partial charge in [-0.3, -0.25) is 4.79 Å². The molecule has 2 rings (SSSR count). The normalized spacial score (nSPS) is 23.5. The zero-order valence-corrected chi connectivity index (χ0v) is 11.5. The van der Waals surface area contributed by atoms with E-state index in [9.17, 15) is 9.18 Å². The van der Waals surface area contributed by atoms with Crippen molar-refractivity contribution in [3.8, 4) is 0 Å². The number of aryl methyl sites for hydroxylation is 1. The second-order valence-corrected chi connectivity index (χ2v) is 5.36. The van der Waals surface area contributed by atoms with Gasteiger partial charge in [0.15, 0.2) is 0 Å². The summed E-state index contributed by atoms with van der Waals surface area (Å²) in [6, 6.07) is 4.96. The Hall–Kier alpha value is -1.42. The number of benzene rings is 1. The number of piperidine rings is 1. The van der Waals surface area contributed by atoms with E-state index in [1.165, 1.54) is 0 Å². The molecule has 0 saturated carbocycles. The first-order valence-corrected chi connectivity index (χ1v) is 6.82. The molecule has 1 aromatic carbocycles. The van der Waals surface area contributed by atoms with E-state index in [0.29, 0.717) is 24.6 Å². The molecule has 4 heteroatoms. The predicted octanol–water partition coefficient (Wildman–Crippen LogP) is 2.33. The Kier molecular flexibility index (Phi) is 4.20. The van der Waals surface area contributed by atoms with E-state index >= 15 is 0 Å². The van der Waals surface area contributed by atoms with Gasteiger partial charge >= 0.3 is 0 Å². The molecule has 0 aromatic heterocycles. The molecule has 1 heterocycles. The monoisotopic (exact) mass is 264 g/mol. The minimum Gasteiger partial charge on any atom is -0.334 e. The molecular formula is C15H21FN2O. The van der Waals surface area contributed by atoms with E-state index in [2.05, 4.69) is 6.92 Å². The highest BCUT2D eigenvalue weighted by atomic mass is 19.1. The molecule has 0 spiro atoms. The predicted molar refractivity (Wildman–Crippen MR) is 73.4 cm³/mol. The lowest BCUT2D eigenvalue weighted by atomic mass is 9.90. The van der Waals surface area contributed by atoms with Gasteiger partial charge in [-0.15, -0.1) is 0 Å². The Bertz CT molecular complexity index is 475. The van der Waals surface area contributed by atoms with Gasteiger partial charge in [-0.05, 0) is 37.3 Å². The van der Waals surface area contributed by atoms with Crippen molar-refractivity contribution in [1.82, 2.24) is 4.90 Å². The minimum atomic E-state index is -0.415. The zero-order valence-electron chi connectivity index (χ0n) is 11.5. The molecule has 0 bridgehead atoms. The molecule has 0 radical (unpaired) electrons. The fraction of sp³-hybridized carbons (Fsp3) is 0.533. The first kappa shape index (κ1) is 14.0. The van der Waals surface area contributed by atoms with Crippen molar-refractivity contribution in [2.45, 2.75) is 32.7 Å². The Morgan fingerprint density at radius 2 is 2.26 bits per heavy atom. The van der Waals surface area contributed by atoms with Gasteiger partial charge in [0.2, 0.25) is 0 Å². The Labute approximate surface area is 113 Å². The van der Waals surface area contributed by atoms with Crippen molar-refractivity contribution in [2.24, 2.45) is 11.7 Å². The summed E-state index contributed by atoms with van der Waals surface area (Å²) in [5, 5.41) is 0. The quantitative estimate of drug-likeness (QED) is 0.891. The van der Waals surface area contributed by atoms with Gasteiger partial charge in [0.05, 0.1) is 5.56 Å². The van der Waals surface area contributed by atoms with E-state index in [4.69, 9.17) is 5.73 Å². The number of amides is 1. The molecular weight excluding hydrogens is 243 g/mol. The standard InChI is InChI=1S/C15H21FN2O/c1-10-6-4-8-18(13(10)9-17)15(19)12-7-3-5-11(2)14(12)16/h3,5,7,10,13H,4,6,8-9,17H2,1-2H3/t10-,13-/m0/s1. The number of nitrogens with two attached hydrogens (primary N) is 1. The average Bonchev–Trinajstić information content (AvgIpc) is 2.41. The Morgan fingerprint density at radius 3 is 2.95 bits per heavy atom. The second-order valence-electron chi connectivity index (χ2n) is 5.36. The van der Waals surface area contributed by atoms with E-state index < -0.39 is 5.82 Å². The number of halogens is 1. The molecule has 1 aromatic rings. The van der Waals surface area contributed by atoms with Crippen LogP contribution in [0.5, 0.6) is 0 Å². The zero-order chi connectivity index (χ0) is 14.0. The van der Waals surface area contributed by atoms with Gasteiger partial charge < -0.3 is 10.6 Å². The molecule has 1 fully saturated rings. The molecule has 1 saturated heterocycles. The van der Waals surface area contributed by atoms with Gasteiger partial charge in [0.1, 0.15) is 5.82 Å². The fourth-order valence-electron chi connectivity index (χ4n) is 2.83. The summed E-state index contributed by atoms with van der Waals surface area (Å²) in [4.78, 5) is 14.3. The minimum absolute atomic E-state index is 0.0150. The van der Waals surface area contributed by atoms with E-state index in [1.807, 2.05) is 0 Å². The van der Waals surface area contributed by atoms with E-state index in [1.54, 1.807) is 30.0 Å². The summed E-state index contributed by atoms with van der Waals surface area (Å²) in [5.41, 5.74) is 6.44. The summed E-state index contributed by atoms with van der Waals surface area (Å²) in [6.45, 7) is 4.87. The van der Waals surface area contributed by atoms with Crippen LogP contribution in [-0.4, -0.2) is 29.9 Å². The lowest BCUT2D eigenvalue weighted by Crippen LogP contribution is -2.51. The number of hydrogen-bond donors (Lipinski definition) is 1. The average molecular weight is 264 g/mol. The molecule has 0 aliphatic carbocycles. The third kappa shape index (κ3) is 2.63. The molecule has 2 N–H and O–H groups in total. The van der Waals surface area contributed by atoms with Crippen LogP contribution < -0.4 is 5.73 Å². The SMILES string of the molecule is Cc1cccc(C(=O)N2CCC[C@H](C)[C@@H]2CN)c1F. The van der Waals surface area contributed by atoms with Crippen molar-refractivity contribution in [2.75, 3.05) is 13.1 Å². The number of likely N-dealkylation sites (tertiary alicyclic amines) is 1. The van der Waals surface area contributed by atoms with Crippen LogP contribution in [0.15, 0.2) is 18.2 Å². The van der Waals surface area contributed by atoms with Crippen molar-refractivity contribution >= 4 is 5.91 Å². The van der Waals surface area contributed by atoms with Crippen LogP contribution in [0.2, 0.25) is 0 Å². The summed E-state index contributed by atoms with van der Waals surface area (Å²) in [5.74, 6) is -0.278. The molecule has 104 valence electrons. The van der Waals surface area contributed by atoms with Crippen LogP contribution in [0.25, 0.3) is 0 Å². The molecule has 19 heavy (non-hydrogen) atoms. The molecule has 1 amide bonds. The lowest BCUT2D eigenvalue weighted by Gasteiger charge is -2.39. The maximum atomic E-state index is 14.1. The van der Waals surface area contributed by atoms with Gasteiger partial charge in [-0.2, -0.15) is 0 Å². The Balaban J connectivity index is 2.29. The summed E-state index contributed by atoms with van der Waals surface area (Å²) in [6.07, 6.45) is 2.03. The third-order valence-corrected chi connectivity index (χ3v) is 4.04. The van der Waals surface area contributed by atoms with Gasteiger partial charge in [-0.1, -0.05) is 19.1 Å². The third-order valence-electron chi connectivity index (χ3n) is 4.04. The highest BCUT2D eigenvalue weighted by Gasteiger charge is 2.32. The summed E-state index contributed by atoms with van der Waals surface area (Å²) < 4.78 is 14.1. The van der Waals surface area contributed by atoms with Crippen molar-refractivity contribution < 1.29 is 9.18 Å². The molecule has 3 nitrogen and oxygen atoms in total. The van der Waals surface area contributed by atoms with Gasteiger partial charge in [0, 0.05) is 19.1 Å². The van der Waals surface area contributed by atoms with Crippen LogP contribution in [0.1, 0.15) is 35.7 Å². The van der Waals surface area contributed by atoms with Gasteiger partial charge in [-0.25, -0.2) is 4.39 Å². The number of carbonyl (C=O) groups excluding carboxylic acids is 1. The van der Waals surface area contributed by atoms with Crippen molar-refractivity contribution in [3.05, 3.63) is 35.1 Å². The highest BCUT2D eigenvalue weighted by molar-refractivity contribution is 5.95. The topological polar surface area (TPSA) is 46.3 Å². The lowest BCUT2D eigenvalue weighted by molar-refractivity contribution is 0.0527. The van der Waals surface area contributed by atoms with Crippen LogP contribution in [-0.2, 0) is 0 Å². The van der Waals surface area contributed by atoms with Crippen molar-refractivity contribution in [3.63, 3.8) is 0 Å². The fourth-order valence-corrected chi connectivity index (χ4v) is 2.83.